The molecule has 0 saturated carbocycles. The molecule has 0 aromatic heterocycles. The average molecular weight is 196 g/mol. The normalized spacial score (nSPS) is 10.4. The van der Waals surface area contributed by atoms with E-state index < -0.39 is 11.7 Å². The van der Waals surface area contributed by atoms with Crippen LogP contribution in [0.5, 0.6) is 0 Å². The van der Waals surface area contributed by atoms with Crippen molar-refractivity contribution in [2.24, 2.45) is 5.84 Å². The van der Waals surface area contributed by atoms with Gasteiger partial charge in [-0.3, -0.25) is 10.2 Å². The lowest BCUT2D eigenvalue weighted by Gasteiger charge is -2.08. The Labute approximate surface area is 82.1 Å². The van der Waals surface area contributed by atoms with Crippen molar-refractivity contribution in [1.82, 2.24) is 5.43 Å². The van der Waals surface area contributed by atoms with Crippen molar-refractivity contribution < 1.29 is 9.18 Å². The van der Waals surface area contributed by atoms with Crippen LogP contribution in [-0.2, 0) is 0 Å². The zero-order valence-electron chi connectivity index (χ0n) is 8.17. The third kappa shape index (κ3) is 2.09. The summed E-state index contributed by atoms with van der Waals surface area (Å²) in [6.07, 6.45) is 0. The highest BCUT2D eigenvalue weighted by Crippen LogP contribution is 2.17. The maximum Gasteiger partial charge on any atom is 0.268 e. The number of hydrogen-bond donors (Lipinski definition) is 2. The molecule has 1 amide bonds. The van der Waals surface area contributed by atoms with E-state index in [1.807, 2.05) is 19.3 Å². The first-order valence-electron chi connectivity index (χ1n) is 4.36. The highest BCUT2D eigenvalue weighted by molar-refractivity contribution is 5.94. The van der Waals surface area contributed by atoms with Crippen molar-refractivity contribution in [3.8, 4) is 0 Å². The van der Waals surface area contributed by atoms with Crippen molar-refractivity contribution in [3.63, 3.8) is 0 Å². The summed E-state index contributed by atoms with van der Waals surface area (Å²) in [4.78, 5) is 11.1. The smallest absolute Gasteiger partial charge is 0.268 e. The largest absolute Gasteiger partial charge is 0.290 e. The zero-order chi connectivity index (χ0) is 10.7. The average Bonchev–Trinajstić information content (AvgIpc) is 2.17. The fourth-order valence-electron chi connectivity index (χ4n) is 1.15. The highest BCUT2D eigenvalue weighted by atomic mass is 19.1. The summed E-state index contributed by atoms with van der Waals surface area (Å²) in [5.74, 6) is 4.02. The van der Waals surface area contributed by atoms with E-state index in [2.05, 4.69) is 0 Å². The fourth-order valence-corrected chi connectivity index (χ4v) is 1.15. The second-order valence-corrected chi connectivity index (χ2v) is 3.37. The lowest BCUT2D eigenvalue weighted by molar-refractivity contribution is 0.0949. The number of hydrazine groups is 1. The van der Waals surface area contributed by atoms with Crippen LogP contribution in [0.4, 0.5) is 4.39 Å². The van der Waals surface area contributed by atoms with Gasteiger partial charge in [0.2, 0.25) is 0 Å². The summed E-state index contributed by atoms with van der Waals surface area (Å²) in [7, 11) is 0. The molecule has 1 aromatic carbocycles. The molecule has 76 valence electrons. The Balaban J connectivity index is 3.15. The molecule has 3 nitrogen and oxygen atoms in total. The third-order valence-corrected chi connectivity index (χ3v) is 2.03. The predicted molar refractivity (Wildman–Crippen MR) is 52.1 cm³/mol. The monoisotopic (exact) mass is 196 g/mol. The maximum absolute atomic E-state index is 13.2. The van der Waals surface area contributed by atoms with Crippen molar-refractivity contribution in [2.75, 3.05) is 0 Å². The number of carbonyl (C=O) groups excluding carboxylic acids is 1. The topological polar surface area (TPSA) is 55.1 Å². The van der Waals surface area contributed by atoms with Crippen molar-refractivity contribution in [3.05, 3.63) is 35.1 Å². The molecular formula is C10H13FN2O. The van der Waals surface area contributed by atoms with Gasteiger partial charge in [0.25, 0.3) is 5.91 Å². The molecule has 0 spiro atoms. The van der Waals surface area contributed by atoms with Gasteiger partial charge in [0.05, 0.1) is 5.56 Å². The molecule has 0 saturated heterocycles. The van der Waals surface area contributed by atoms with Crippen LogP contribution in [-0.4, -0.2) is 5.91 Å². The molecule has 0 aliphatic carbocycles. The number of carbonyl (C=O) groups is 1. The Morgan fingerprint density at radius 2 is 2.14 bits per heavy atom. The first-order valence-corrected chi connectivity index (χ1v) is 4.36. The molecule has 0 aliphatic rings. The van der Waals surface area contributed by atoms with E-state index in [1.54, 1.807) is 6.07 Å². The minimum atomic E-state index is -0.606. The number of halogens is 1. The number of nitrogens with two attached hydrogens (primary N) is 1. The van der Waals surface area contributed by atoms with Gasteiger partial charge in [0, 0.05) is 0 Å². The van der Waals surface area contributed by atoms with Crippen molar-refractivity contribution in [2.45, 2.75) is 19.8 Å². The minimum Gasteiger partial charge on any atom is -0.290 e. The number of benzene rings is 1. The van der Waals surface area contributed by atoms with E-state index in [-0.39, 0.29) is 11.5 Å². The van der Waals surface area contributed by atoms with Crippen LogP contribution >= 0.6 is 0 Å². The predicted octanol–water partition coefficient (Wildman–Crippen LogP) is 1.55. The summed E-state index contributed by atoms with van der Waals surface area (Å²) in [5, 5.41) is 0. The molecular weight excluding hydrogens is 183 g/mol. The van der Waals surface area contributed by atoms with Gasteiger partial charge in [-0.25, -0.2) is 10.2 Å². The van der Waals surface area contributed by atoms with Gasteiger partial charge in [-0.05, 0) is 23.6 Å². The number of nitrogen functional groups attached to an aromatic ring is 1. The maximum atomic E-state index is 13.2. The second-order valence-electron chi connectivity index (χ2n) is 3.37. The fraction of sp³-hybridized carbons (Fsp3) is 0.300. The van der Waals surface area contributed by atoms with Crippen molar-refractivity contribution in [1.29, 1.82) is 0 Å². The first-order chi connectivity index (χ1) is 6.56. The molecule has 0 heterocycles. The van der Waals surface area contributed by atoms with Crippen LogP contribution < -0.4 is 11.3 Å². The third-order valence-electron chi connectivity index (χ3n) is 2.03. The van der Waals surface area contributed by atoms with E-state index in [0.29, 0.717) is 0 Å². The Kier molecular flexibility index (Phi) is 3.19. The molecule has 0 atom stereocenters. The first kappa shape index (κ1) is 10.7. The molecule has 1 rings (SSSR count). The van der Waals surface area contributed by atoms with Crippen LogP contribution in [0.15, 0.2) is 18.2 Å². The van der Waals surface area contributed by atoms with Gasteiger partial charge >= 0.3 is 0 Å². The summed E-state index contributed by atoms with van der Waals surface area (Å²) >= 11 is 0. The molecule has 4 heteroatoms. The summed E-state index contributed by atoms with van der Waals surface area (Å²) in [5.41, 5.74) is 2.80. The van der Waals surface area contributed by atoms with Gasteiger partial charge < -0.3 is 0 Å². The highest BCUT2D eigenvalue weighted by Gasteiger charge is 2.11. The Hall–Kier alpha value is -1.42. The Bertz CT molecular complexity index is 350. The van der Waals surface area contributed by atoms with E-state index in [1.165, 1.54) is 12.1 Å². The lowest BCUT2D eigenvalue weighted by atomic mass is 10.0. The van der Waals surface area contributed by atoms with Crippen LogP contribution in [0.1, 0.15) is 35.7 Å². The molecule has 14 heavy (non-hydrogen) atoms. The molecule has 0 radical (unpaired) electrons. The van der Waals surface area contributed by atoms with E-state index in [4.69, 9.17) is 5.84 Å². The zero-order valence-corrected chi connectivity index (χ0v) is 8.17. The van der Waals surface area contributed by atoms with Gasteiger partial charge in [-0.2, -0.15) is 0 Å². The SMILES string of the molecule is CC(C)c1ccc(F)c(C(=O)NN)c1. The van der Waals surface area contributed by atoms with E-state index in [9.17, 15) is 9.18 Å². The molecule has 1 aromatic rings. The molecule has 0 fully saturated rings. The van der Waals surface area contributed by atoms with Crippen LogP contribution in [0.3, 0.4) is 0 Å². The van der Waals surface area contributed by atoms with Gasteiger partial charge in [-0.1, -0.05) is 19.9 Å². The summed E-state index contributed by atoms with van der Waals surface area (Å²) in [6, 6.07) is 4.45. The lowest BCUT2D eigenvalue weighted by Crippen LogP contribution is -2.30. The van der Waals surface area contributed by atoms with E-state index in [0.717, 1.165) is 5.56 Å². The molecule has 3 N–H and O–H groups in total. The van der Waals surface area contributed by atoms with Crippen LogP contribution in [0, 0.1) is 5.82 Å². The molecule has 0 unspecified atom stereocenters. The number of amides is 1. The van der Waals surface area contributed by atoms with Crippen LogP contribution in [0.2, 0.25) is 0 Å². The quantitative estimate of drug-likeness (QED) is 0.428. The molecule has 0 bridgehead atoms. The van der Waals surface area contributed by atoms with Gasteiger partial charge in [0.15, 0.2) is 0 Å². The Morgan fingerprint density at radius 1 is 1.50 bits per heavy atom. The number of hydrogen-bond acceptors (Lipinski definition) is 2. The van der Waals surface area contributed by atoms with Gasteiger partial charge in [0.1, 0.15) is 5.82 Å². The summed E-state index contributed by atoms with van der Waals surface area (Å²) in [6.45, 7) is 3.94. The number of rotatable bonds is 2. The van der Waals surface area contributed by atoms with E-state index >= 15 is 0 Å². The number of nitrogens with one attached hydrogen (secondary N) is 1. The minimum absolute atomic E-state index is 0.0151. The van der Waals surface area contributed by atoms with Crippen LogP contribution in [0.25, 0.3) is 0 Å². The molecule has 0 aliphatic heterocycles. The van der Waals surface area contributed by atoms with Crippen molar-refractivity contribution >= 4 is 5.91 Å². The Morgan fingerprint density at radius 3 is 2.64 bits per heavy atom. The second kappa shape index (κ2) is 4.19. The summed E-state index contributed by atoms with van der Waals surface area (Å²) < 4.78 is 13.2. The standard InChI is InChI=1S/C10H13FN2O/c1-6(2)7-3-4-9(11)8(5-7)10(14)13-12/h3-6H,12H2,1-2H3,(H,13,14). The van der Waals surface area contributed by atoms with Gasteiger partial charge in [-0.15, -0.1) is 0 Å².